The van der Waals surface area contributed by atoms with Crippen molar-refractivity contribution in [1.29, 1.82) is 0 Å². The number of aryl methyl sites for hydroxylation is 2. The number of benzene rings is 2. The second-order valence-corrected chi connectivity index (χ2v) is 7.40. The predicted molar refractivity (Wildman–Crippen MR) is 104 cm³/mol. The van der Waals surface area contributed by atoms with Crippen LogP contribution in [0, 0.1) is 13.8 Å². The maximum absolute atomic E-state index is 12.7. The topological polar surface area (TPSA) is 60.2 Å². The third-order valence-corrected chi connectivity index (χ3v) is 5.18. The lowest BCUT2D eigenvalue weighted by Crippen LogP contribution is -2.06. The molecular formula is C20H20F3N3O2S. The van der Waals surface area contributed by atoms with Gasteiger partial charge in [-0.3, -0.25) is 0 Å². The molecule has 29 heavy (non-hydrogen) atoms. The molecule has 0 saturated heterocycles. The van der Waals surface area contributed by atoms with Gasteiger partial charge in [-0.05, 0) is 61.9 Å². The second kappa shape index (κ2) is 8.87. The van der Waals surface area contributed by atoms with Crippen LogP contribution >= 0.6 is 11.8 Å². The zero-order valence-corrected chi connectivity index (χ0v) is 16.7. The first-order valence-corrected chi connectivity index (χ1v) is 9.84. The minimum absolute atomic E-state index is 0.0379. The minimum atomic E-state index is -4.37. The Labute approximate surface area is 170 Å². The van der Waals surface area contributed by atoms with E-state index < -0.39 is 11.7 Å². The molecule has 1 N–H and O–H groups in total. The van der Waals surface area contributed by atoms with E-state index in [0.29, 0.717) is 11.4 Å². The fourth-order valence-corrected chi connectivity index (χ4v) is 3.62. The molecule has 3 rings (SSSR count). The minimum Gasteiger partial charge on any atom is -0.491 e. The average Bonchev–Trinajstić information content (AvgIpc) is 3.06. The van der Waals surface area contributed by atoms with Gasteiger partial charge < -0.3 is 9.84 Å². The number of aromatic nitrogens is 3. The van der Waals surface area contributed by atoms with E-state index in [-0.39, 0.29) is 13.2 Å². The number of halogens is 3. The quantitative estimate of drug-likeness (QED) is 0.565. The van der Waals surface area contributed by atoms with Crippen LogP contribution < -0.4 is 4.74 Å². The number of nitrogens with zero attached hydrogens (tertiary/aromatic N) is 3. The van der Waals surface area contributed by atoms with Gasteiger partial charge in [-0.25, -0.2) is 0 Å². The van der Waals surface area contributed by atoms with E-state index in [9.17, 15) is 13.2 Å². The van der Waals surface area contributed by atoms with Crippen LogP contribution in [0.3, 0.4) is 0 Å². The lowest BCUT2D eigenvalue weighted by molar-refractivity contribution is -0.137. The summed E-state index contributed by atoms with van der Waals surface area (Å²) in [5.41, 5.74) is 2.21. The van der Waals surface area contributed by atoms with Gasteiger partial charge in [-0.1, -0.05) is 0 Å². The van der Waals surface area contributed by atoms with Gasteiger partial charge in [0, 0.05) is 10.6 Å². The number of rotatable bonds is 7. The first-order valence-electron chi connectivity index (χ1n) is 8.85. The molecule has 5 nitrogen and oxygen atoms in total. The van der Waals surface area contributed by atoms with Crippen LogP contribution in [0.4, 0.5) is 13.2 Å². The Morgan fingerprint density at radius 1 is 1.07 bits per heavy atom. The number of hydrogen-bond acceptors (Lipinski definition) is 5. The summed E-state index contributed by atoms with van der Waals surface area (Å²) in [6.45, 7) is 3.97. The zero-order valence-electron chi connectivity index (χ0n) is 15.9. The lowest BCUT2D eigenvalue weighted by atomic mass is 10.2. The molecule has 0 aliphatic carbocycles. The number of hydrogen-bond donors (Lipinski definition) is 1. The normalized spacial score (nSPS) is 11.7. The predicted octanol–water partition coefficient (Wildman–Crippen LogP) is 4.57. The third-order valence-electron chi connectivity index (χ3n) is 4.17. The summed E-state index contributed by atoms with van der Waals surface area (Å²) in [7, 11) is 0. The third kappa shape index (κ3) is 5.30. The van der Waals surface area contributed by atoms with Crippen molar-refractivity contribution in [2.24, 2.45) is 0 Å². The van der Waals surface area contributed by atoms with E-state index in [1.165, 1.54) is 16.9 Å². The van der Waals surface area contributed by atoms with Crippen molar-refractivity contribution in [3.63, 3.8) is 0 Å². The Hall–Kier alpha value is -2.52. The Morgan fingerprint density at radius 2 is 1.79 bits per heavy atom. The van der Waals surface area contributed by atoms with Crippen LogP contribution in [0.1, 0.15) is 22.5 Å². The highest BCUT2D eigenvalue weighted by atomic mass is 32.2. The summed E-state index contributed by atoms with van der Waals surface area (Å²) in [4.78, 5) is 2.38. The molecule has 0 fully saturated rings. The molecule has 0 radical (unpaired) electrons. The fourth-order valence-electron chi connectivity index (χ4n) is 2.62. The first kappa shape index (κ1) is 21.2. The zero-order chi connectivity index (χ0) is 21.0. The molecule has 1 heterocycles. The molecule has 9 heteroatoms. The number of alkyl halides is 3. The van der Waals surface area contributed by atoms with Crippen LogP contribution in [0.25, 0.3) is 5.69 Å². The van der Waals surface area contributed by atoms with Crippen LogP contribution in [0.5, 0.6) is 5.75 Å². The second-order valence-electron chi connectivity index (χ2n) is 6.35. The molecule has 1 aromatic heterocycles. The molecule has 0 bridgehead atoms. The van der Waals surface area contributed by atoms with Gasteiger partial charge in [0.2, 0.25) is 0 Å². The Balaban J connectivity index is 1.69. The van der Waals surface area contributed by atoms with E-state index >= 15 is 0 Å². The van der Waals surface area contributed by atoms with Gasteiger partial charge in [0.15, 0.2) is 0 Å². The Morgan fingerprint density at radius 3 is 2.41 bits per heavy atom. The average molecular weight is 423 g/mol. The van der Waals surface area contributed by atoms with Crippen LogP contribution in [0.2, 0.25) is 0 Å². The summed E-state index contributed by atoms with van der Waals surface area (Å²) < 4.78 is 43.6. The molecule has 0 atom stereocenters. The van der Waals surface area contributed by atoms with Gasteiger partial charge in [0.25, 0.3) is 0 Å². The highest BCUT2D eigenvalue weighted by Gasteiger charge is 2.30. The molecule has 0 aliphatic heterocycles. The first-order chi connectivity index (χ1) is 13.8. The molecular weight excluding hydrogens is 403 g/mol. The van der Waals surface area contributed by atoms with Crippen molar-refractivity contribution in [1.82, 2.24) is 15.0 Å². The van der Waals surface area contributed by atoms with E-state index in [1.807, 2.05) is 32.0 Å². The van der Waals surface area contributed by atoms with E-state index in [0.717, 1.165) is 39.7 Å². The number of aliphatic hydroxyl groups excluding tert-OH is 1. The van der Waals surface area contributed by atoms with Crippen molar-refractivity contribution in [2.45, 2.75) is 30.7 Å². The van der Waals surface area contributed by atoms with E-state index in [1.54, 1.807) is 11.8 Å². The lowest BCUT2D eigenvalue weighted by Gasteiger charge is -2.09. The SMILES string of the molecule is Cc1cc(SCc2nn(-c3ccc(C(F)(F)F)cc3)nc2C)ccc1OCCO. The highest BCUT2D eigenvalue weighted by Crippen LogP contribution is 2.30. The largest absolute Gasteiger partial charge is 0.491 e. The molecule has 154 valence electrons. The summed E-state index contributed by atoms with van der Waals surface area (Å²) in [5.74, 6) is 1.30. The van der Waals surface area contributed by atoms with Crippen LogP contribution in [-0.2, 0) is 11.9 Å². The van der Waals surface area contributed by atoms with Gasteiger partial charge >= 0.3 is 6.18 Å². The monoisotopic (exact) mass is 423 g/mol. The molecule has 0 aliphatic rings. The molecule has 0 spiro atoms. The van der Waals surface area contributed by atoms with Crippen molar-refractivity contribution in [3.8, 4) is 11.4 Å². The van der Waals surface area contributed by atoms with Gasteiger partial charge in [0.1, 0.15) is 12.4 Å². The summed E-state index contributed by atoms with van der Waals surface area (Å²) in [5, 5.41) is 17.6. The smallest absolute Gasteiger partial charge is 0.416 e. The van der Waals surface area contributed by atoms with Crippen molar-refractivity contribution >= 4 is 11.8 Å². The maximum atomic E-state index is 12.7. The number of thioether (sulfide) groups is 1. The van der Waals surface area contributed by atoms with Crippen molar-refractivity contribution in [3.05, 3.63) is 65.0 Å². The molecule has 0 unspecified atom stereocenters. The van der Waals surface area contributed by atoms with Gasteiger partial charge in [0.05, 0.1) is 29.2 Å². The van der Waals surface area contributed by atoms with E-state index in [2.05, 4.69) is 10.2 Å². The highest BCUT2D eigenvalue weighted by molar-refractivity contribution is 7.98. The summed E-state index contributed by atoms with van der Waals surface area (Å²) in [6, 6.07) is 10.5. The number of ether oxygens (including phenoxy) is 1. The van der Waals surface area contributed by atoms with Gasteiger partial charge in [-0.2, -0.15) is 28.2 Å². The van der Waals surface area contributed by atoms with Crippen molar-refractivity contribution < 1.29 is 23.0 Å². The fraction of sp³-hybridized carbons (Fsp3) is 0.300. The van der Waals surface area contributed by atoms with Gasteiger partial charge in [-0.15, -0.1) is 11.8 Å². The maximum Gasteiger partial charge on any atom is 0.416 e. The van der Waals surface area contributed by atoms with Crippen LogP contribution in [-0.4, -0.2) is 33.3 Å². The van der Waals surface area contributed by atoms with Crippen LogP contribution in [0.15, 0.2) is 47.4 Å². The molecule has 3 aromatic rings. The summed E-state index contributed by atoms with van der Waals surface area (Å²) in [6.07, 6.45) is -4.37. The molecule has 0 amide bonds. The molecule has 0 saturated carbocycles. The Bertz CT molecular complexity index is 972. The molecule has 2 aromatic carbocycles. The van der Waals surface area contributed by atoms with Crippen molar-refractivity contribution in [2.75, 3.05) is 13.2 Å². The standard InChI is InChI=1S/C20H20F3N3O2S/c1-13-11-17(7-8-19(13)28-10-9-27)29-12-18-14(2)24-26(25-18)16-5-3-15(4-6-16)20(21,22)23/h3-8,11,27H,9-10,12H2,1-2H3. The Kier molecular flexibility index (Phi) is 6.49. The summed E-state index contributed by atoms with van der Waals surface area (Å²) >= 11 is 1.58. The van der Waals surface area contributed by atoms with E-state index in [4.69, 9.17) is 9.84 Å². The number of aliphatic hydroxyl groups is 1.